The molecule has 1 fully saturated rings. The zero-order valence-corrected chi connectivity index (χ0v) is 16.1. The molecule has 0 heterocycles. The van der Waals surface area contributed by atoms with E-state index >= 15 is 0 Å². The minimum absolute atomic E-state index is 0.0322. The van der Waals surface area contributed by atoms with Crippen molar-refractivity contribution in [1.82, 2.24) is 5.32 Å². The molecule has 2 unspecified atom stereocenters. The zero-order chi connectivity index (χ0) is 20.1. The molecule has 2 atom stereocenters. The zero-order valence-electron chi connectivity index (χ0n) is 15.3. The first kappa shape index (κ1) is 20.3. The number of hydrogen-bond donors (Lipinski definition) is 2. The van der Waals surface area contributed by atoms with E-state index in [-0.39, 0.29) is 10.6 Å². The Bertz CT molecular complexity index is 904. The van der Waals surface area contributed by atoms with Crippen molar-refractivity contribution in [3.8, 4) is 0 Å². The number of rotatable bonds is 6. The first-order valence-corrected chi connectivity index (χ1v) is 10.6. The van der Waals surface area contributed by atoms with Crippen LogP contribution in [0.3, 0.4) is 0 Å². The van der Waals surface area contributed by atoms with Gasteiger partial charge in [-0.05, 0) is 49.2 Å². The van der Waals surface area contributed by atoms with Crippen LogP contribution in [0.1, 0.15) is 25.7 Å². The topological polar surface area (TPSA) is 86.7 Å². The van der Waals surface area contributed by atoms with E-state index in [0.717, 1.165) is 29.3 Å². The Labute approximate surface area is 164 Å². The molecule has 8 heteroatoms. The Hall–Kier alpha value is -2.45. The summed E-state index contributed by atoms with van der Waals surface area (Å²) >= 11 is 0. The van der Waals surface area contributed by atoms with Crippen LogP contribution in [0.25, 0.3) is 0 Å². The van der Waals surface area contributed by atoms with Crippen molar-refractivity contribution in [2.75, 3.05) is 10.8 Å². The van der Waals surface area contributed by atoms with E-state index in [0.29, 0.717) is 12.8 Å². The van der Waals surface area contributed by atoms with Crippen molar-refractivity contribution in [2.45, 2.75) is 42.7 Å². The number of aliphatic hydroxyl groups is 1. The number of carbonyl (C=O) groups excluding carboxylic acids is 1. The van der Waals surface area contributed by atoms with Gasteiger partial charge in [0.25, 0.3) is 10.0 Å². The standard InChI is InChI=1S/C20H23FN2O4S/c21-15-10-12-16(13-11-15)23(28(26,27)17-6-2-1-3-7-17)14-20(25)22-18-8-4-5-9-19(18)24/h1-3,6-7,10-13,18-19,24H,4-5,8-9,14H2,(H,22,25). The largest absolute Gasteiger partial charge is 0.391 e. The minimum Gasteiger partial charge on any atom is -0.391 e. The van der Waals surface area contributed by atoms with Crippen LogP contribution in [-0.2, 0) is 14.8 Å². The summed E-state index contributed by atoms with van der Waals surface area (Å²) in [7, 11) is -4.03. The average Bonchev–Trinajstić information content (AvgIpc) is 2.69. The number of halogens is 1. The second-order valence-electron chi connectivity index (χ2n) is 6.83. The minimum atomic E-state index is -4.03. The lowest BCUT2D eigenvalue weighted by atomic mass is 9.92. The van der Waals surface area contributed by atoms with Crippen LogP contribution in [-0.4, -0.2) is 38.1 Å². The van der Waals surface area contributed by atoms with Gasteiger partial charge in [-0.3, -0.25) is 9.10 Å². The molecule has 1 saturated carbocycles. The van der Waals surface area contributed by atoms with E-state index in [2.05, 4.69) is 5.32 Å². The first-order chi connectivity index (χ1) is 13.4. The normalized spacial score (nSPS) is 19.8. The van der Waals surface area contributed by atoms with Gasteiger partial charge < -0.3 is 10.4 Å². The summed E-state index contributed by atoms with van der Waals surface area (Å²) in [6, 6.07) is 12.3. The maximum atomic E-state index is 13.3. The highest BCUT2D eigenvalue weighted by atomic mass is 32.2. The molecular weight excluding hydrogens is 383 g/mol. The monoisotopic (exact) mass is 406 g/mol. The summed E-state index contributed by atoms with van der Waals surface area (Å²) in [6.45, 7) is -0.466. The van der Waals surface area contributed by atoms with Crippen LogP contribution in [0.4, 0.5) is 10.1 Å². The molecule has 2 N–H and O–H groups in total. The van der Waals surface area contributed by atoms with Gasteiger partial charge in [-0.1, -0.05) is 31.0 Å². The number of anilines is 1. The molecule has 28 heavy (non-hydrogen) atoms. The summed E-state index contributed by atoms with van der Waals surface area (Å²) < 4.78 is 40.5. The van der Waals surface area contributed by atoms with Crippen LogP contribution in [0.15, 0.2) is 59.5 Å². The molecule has 1 aliphatic rings. The Balaban J connectivity index is 1.86. The molecule has 0 radical (unpaired) electrons. The number of sulfonamides is 1. The second-order valence-corrected chi connectivity index (χ2v) is 8.69. The van der Waals surface area contributed by atoms with E-state index in [1.54, 1.807) is 18.2 Å². The molecule has 0 spiro atoms. The van der Waals surface area contributed by atoms with Crippen molar-refractivity contribution in [2.24, 2.45) is 0 Å². The van der Waals surface area contributed by atoms with Gasteiger partial charge in [0.2, 0.25) is 5.91 Å². The fraction of sp³-hybridized carbons (Fsp3) is 0.350. The van der Waals surface area contributed by atoms with E-state index < -0.39 is 40.4 Å². The number of nitrogens with zero attached hydrogens (tertiary/aromatic N) is 1. The number of amides is 1. The van der Waals surface area contributed by atoms with Gasteiger partial charge in [-0.15, -0.1) is 0 Å². The lowest BCUT2D eigenvalue weighted by Crippen LogP contribution is -2.49. The molecule has 2 aromatic carbocycles. The second kappa shape index (κ2) is 8.70. The summed E-state index contributed by atoms with van der Waals surface area (Å²) in [4.78, 5) is 12.6. The van der Waals surface area contributed by atoms with Gasteiger partial charge in [0.05, 0.1) is 22.7 Å². The maximum absolute atomic E-state index is 13.3. The van der Waals surface area contributed by atoms with Crippen molar-refractivity contribution >= 4 is 21.6 Å². The number of hydrogen-bond acceptors (Lipinski definition) is 4. The van der Waals surface area contributed by atoms with Crippen molar-refractivity contribution in [3.05, 3.63) is 60.4 Å². The third kappa shape index (κ3) is 4.69. The predicted octanol–water partition coefficient (Wildman–Crippen LogP) is 2.44. The van der Waals surface area contributed by atoms with Crippen LogP contribution in [0.2, 0.25) is 0 Å². The van der Waals surface area contributed by atoms with Gasteiger partial charge in [0.1, 0.15) is 12.4 Å². The molecule has 0 bridgehead atoms. The summed E-state index contributed by atoms with van der Waals surface area (Å²) in [5.74, 6) is -1.02. The molecule has 3 rings (SSSR count). The molecule has 6 nitrogen and oxygen atoms in total. The number of aliphatic hydroxyl groups excluding tert-OH is 1. The van der Waals surface area contributed by atoms with Crippen molar-refractivity contribution < 1.29 is 22.7 Å². The molecule has 0 saturated heterocycles. The third-order valence-electron chi connectivity index (χ3n) is 4.81. The van der Waals surface area contributed by atoms with E-state index in [4.69, 9.17) is 0 Å². The SMILES string of the molecule is O=C(CN(c1ccc(F)cc1)S(=O)(=O)c1ccccc1)NC1CCCCC1O. The Morgan fingerprint density at radius 2 is 1.71 bits per heavy atom. The molecule has 2 aromatic rings. The number of benzene rings is 2. The Kier molecular flexibility index (Phi) is 6.31. The van der Waals surface area contributed by atoms with Gasteiger partial charge in [0.15, 0.2) is 0 Å². The molecular formula is C20H23FN2O4S. The smallest absolute Gasteiger partial charge is 0.264 e. The molecule has 0 aromatic heterocycles. The fourth-order valence-electron chi connectivity index (χ4n) is 3.30. The number of carbonyl (C=O) groups is 1. The Morgan fingerprint density at radius 1 is 1.07 bits per heavy atom. The van der Waals surface area contributed by atoms with Crippen LogP contribution >= 0.6 is 0 Å². The van der Waals surface area contributed by atoms with Crippen LogP contribution in [0.5, 0.6) is 0 Å². The highest BCUT2D eigenvalue weighted by molar-refractivity contribution is 7.92. The van der Waals surface area contributed by atoms with E-state index in [1.807, 2.05) is 0 Å². The highest BCUT2D eigenvalue weighted by Gasteiger charge is 2.29. The first-order valence-electron chi connectivity index (χ1n) is 9.19. The average molecular weight is 406 g/mol. The molecule has 1 amide bonds. The maximum Gasteiger partial charge on any atom is 0.264 e. The third-order valence-corrected chi connectivity index (χ3v) is 6.60. The van der Waals surface area contributed by atoms with E-state index in [9.17, 15) is 22.7 Å². The van der Waals surface area contributed by atoms with Gasteiger partial charge in [-0.25, -0.2) is 12.8 Å². The summed E-state index contributed by atoms with van der Waals surface area (Å²) in [6.07, 6.45) is 2.41. The van der Waals surface area contributed by atoms with Crippen LogP contribution < -0.4 is 9.62 Å². The quantitative estimate of drug-likeness (QED) is 0.772. The molecule has 1 aliphatic carbocycles. The highest BCUT2D eigenvalue weighted by Crippen LogP contribution is 2.24. The van der Waals surface area contributed by atoms with Crippen molar-refractivity contribution in [3.63, 3.8) is 0 Å². The molecule has 150 valence electrons. The fourth-order valence-corrected chi connectivity index (χ4v) is 4.75. The van der Waals surface area contributed by atoms with Crippen LogP contribution in [0, 0.1) is 5.82 Å². The lowest BCUT2D eigenvalue weighted by Gasteiger charge is -2.30. The molecule has 0 aliphatic heterocycles. The Morgan fingerprint density at radius 3 is 2.36 bits per heavy atom. The van der Waals surface area contributed by atoms with E-state index in [1.165, 1.54) is 24.3 Å². The van der Waals surface area contributed by atoms with Crippen molar-refractivity contribution in [1.29, 1.82) is 0 Å². The summed E-state index contributed by atoms with van der Waals surface area (Å²) in [5, 5.41) is 12.8. The predicted molar refractivity (Wildman–Crippen MR) is 104 cm³/mol. The number of nitrogens with one attached hydrogen (secondary N) is 1. The summed E-state index contributed by atoms with van der Waals surface area (Å²) in [5.41, 5.74) is 0.185. The van der Waals surface area contributed by atoms with Gasteiger partial charge >= 0.3 is 0 Å². The van der Waals surface area contributed by atoms with Gasteiger partial charge in [-0.2, -0.15) is 0 Å². The lowest BCUT2D eigenvalue weighted by molar-refractivity contribution is -0.121. The van der Waals surface area contributed by atoms with Gasteiger partial charge in [0, 0.05) is 0 Å².